The summed E-state index contributed by atoms with van der Waals surface area (Å²) in [4.78, 5) is 4.11. The van der Waals surface area contributed by atoms with Crippen molar-refractivity contribution >= 4 is 27.6 Å². The highest BCUT2D eigenvalue weighted by atomic mass is 32.2. The van der Waals surface area contributed by atoms with E-state index in [-0.39, 0.29) is 0 Å². The van der Waals surface area contributed by atoms with E-state index in [9.17, 15) is 8.42 Å². The maximum absolute atomic E-state index is 11.8. The molecule has 1 unspecified atom stereocenters. The Bertz CT molecular complexity index is 828. The molecule has 1 heterocycles. The van der Waals surface area contributed by atoms with E-state index in [1.807, 2.05) is 0 Å². The van der Waals surface area contributed by atoms with Crippen LogP contribution in [0.2, 0.25) is 0 Å². The van der Waals surface area contributed by atoms with Gasteiger partial charge in [0.25, 0.3) is 0 Å². The number of thioether (sulfide) groups is 1. The summed E-state index contributed by atoms with van der Waals surface area (Å²) in [6.07, 6.45) is 15.0. The topological polar surface area (TPSA) is 85.1 Å². The number of hydrogen-bond acceptors (Lipinski definition) is 5. The van der Waals surface area contributed by atoms with Crippen LogP contribution in [0.3, 0.4) is 0 Å². The number of anilines is 1. The predicted octanol–water partition coefficient (Wildman–Crippen LogP) is 6.04. The zero-order valence-corrected chi connectivity index (χ0v) is 21.1. The molecular weight excluding hydrogens is 426 g/mol. The van der Waals surface area contributed by atoms with E-state index in [2.05, 4.69) is 56.2 Å². The second-order valence-corrected chi connectivity index (χ2v) is 11.0. The number of nitrogens with one attached hydrogen (secondary N) is 1. The zero-order valence-electron chi connectivity index (χ0n) is 19.4. The van der Waals surface area contributed by atoms with Gasteiger partial charge >= 0.3 is 0 Å². The first-order valence-corrected chi connectivity index (χ1v) is 13.7. The molecule has 0 saturated carbocycles. The van der Waals surface area contributed by atoms with Crippen LogP contribution in [0.25, 0.3) is 0 Å². The lowest BCUT2D eigenvalue weighted by Gasteiger charge is -2.16. The molecular formula is C24H39N3O2S2. The van der Waals surface area contributed by atoms with Crippen molar-refractivity contribution in [1.29, 1.82) is 0 Å². The quantitative estimate of drug-likeness (QED) is 0.244. The number of sulfonamides is 1. The van der Waals surface area contributed by atoms with Crippen molar-refractivity contribution in [3.63, 3.8) is 0 Å². The molecule has 0 spiro atoms. The first kappa shape index (κ1) is 27.5. The van der Waals surface area contributed by atoms with Crippen molar-refractivity contribution in [3.8, 4) is 0 Å². The fourth-order valence-electron chi connectivity index (χ4n) is 2.89. The fraction of sp³-hybridized carbons (Fsp3) is 0.542. The number of unbranched alkanes of at least 4 members (excludes halogenated alkanes) is 1. The SMILES string of the molecule is CC(C)=CCC/C(C)=C/CC/C(C)=C/CCCSCC(Nc1ccccn1)S(N)(=O)=O. The molecule has 7 heteroatoms. The van der Waals surface area contributed by atoms with E-state index in [1.54, 1.807) is 36.2 Å². The van der Waals surface area contributed by atoms with Gasteiger partial charge in [-0.15, -0.1) is 0 Å². The van der Waals surface area contributed by atoms with Gasteiger partial charge in [-0.25, -0.2) is 18.5 Å². The molecule has 31 heavy (non-hydrogen) atoms. The van der Waals surface area contributed by atoms with E-state index in [1.165, 1.54) is 16.7 Å². The van der Waals surface area contributed by atoms with Gasteiger partial charge in [-0.1, -0.05) is 41.0 Å². The number of pyridine rings is 1. The molecule has 0 aliphatic rings. The maximum Gasteiger partial charge on any atom is 0.231 e. The highest BCUT2D eigenvalue weighted by Gasteiger charge is 2.21. The average molecular weight is 466 g/mol. The second-order valence-electron chi connectivity index (χ2n) is 8.11. The van der Waals surface area contributed by atoms with Crippen LogP contribution in [0, 0.1) is 0 Å². The van der Waals surface area contributed by atoms with E-state index >= 15 is 0 Å². The normalized spacial score (nSPS) is 13.7. The van der Waals surface area contributed by atoms with Gasteiger partial charge in [0.15, 0.2) is 5.37 Å². The summed E-state index contributed by atoms with van der Waals surface area (Å²) in [5.41, 5.74) is 4.26. The van der Waals surface area contributed by atoms with Crippen LogP contribution in [0.15, 0.2) is 59.3 Å². The number of primary sulfonamides is 1. The Morgan fingerprint density at radius 2 is 1.71 bits per heavy atom. The molecule has 0 amide bonds. The molecule has 1 rings (SSSR count). The van der Waals surface area contributed by atoms with Crippen LogP contribution in [0.4, 0.5) is 5.82 Å². The number of allylic oxidation sites excluding steroid dienone is 6. The van der Waals surface area contributed by atoms with E-state index in [0.717, 1.165) is 44.3 Å². The van der Waals surface area contributed by atoms with Crippen molar-refractivity contribution < 1.29 is 8.42 Å². The summed E-state index contributed by atoms with van der Waals surface area (Å²) in [5.74, 6) is 1.81. The van der Waals surface area contributed by atoms with Crippen molar-refractivity contribution in [2.24, 2.45) is 5.14 Å². The summed E-state index contributed by atoms with van der Waals surface area (Å²) in [6.45, 7) is 8.69. The number of rotatable bonds is 15. The molecule has 0 aliphatic heterocycles. The summed E-state index contributed by atoms with van der Waals surface area (Å²) in [7, 11) is -3.69. The molecule has 0 aromatic carbocycles. The summed E-state index contributed by atoms with van der Waals surface area (Å²) < 4.78 is 23.7. The Kier molecular flexibility index (Phi) is 13.5. The Morgan fingerprint density at radius 3 is 2.29 bits per heavy atom. The van der Waals surface area contributed by atoms with E-state index in [0.29, 0.717) is 11.6 Å². The van der Waals surface area contributed by atoms with Gasteiger partial charge in [-0.3, -0.25) is 0 Å². The van der Waals surface area contributed by atoms with Crippen LogP contribution in [0.5, 0.6) is 0 Å². The highest BCUT2D eigenvalue weighted by molar-refractivity contribution is 8.00. The maximum atomic E-state index is 11.8. The molecule has 0 fully saturated rings. The van der Waals surface area contributed by atoms with Gasteiger partial charge in [0.2, 0.25) is 10.0 Å². The molecule has 0 aliphatic carbocycles. The largest absolute Gasteiger partial charge is 0.352 e. The molecule has 0 radical (unpaired) electrons. The van der Waals surface area contributed by atoms with Crippen LogP contribution in [-0.4, -0.2) is 30.3 Å². The van der Waals surface area contributed by atoms with Crippen molar-refractivity contribution in [1.82, 2.24) is 4.98 Å². The molecule has 5 nitrogen and oxygen atoms in total. The minimum absolute atomic E-state index is 0.398. The van der Waals surface area contributed by atoms with Gasteiger partial charge in [0.1, 0.15) is 5.82 Å². The summed E-state index contributed by atoms with van der Waals surface area (Å²) in [6, 6.07) is 5.32. The van der Waals surface area contributed by atoms with Gasteiger partial charge in [-0.05, 0) is 84.1 Å². The third-order valence-electron chi connectivity index (χ3n) is 4.75. The monoisotopic (exact) mass is 465 g/mol. The van der Waals surface area contributed by atoms with Gasteiger partial charge < -0.3 is 5.32 Å². The molecule has 174 valence electrons. The predicted molar refractivity (Wildman–Crippen MR) is 137 cm³/mol. The van der Waals surface area contributed by atoms with Gasteiger partial charge in [0, 0.05) is 11.9 Å². The summed E-state index contributed by atoms with van der Waals surface area (Å²) >= 11 is 1.60. The number of nitrogens with two attached hydrogens (primary N) is 1. The highest BCUT2D eigenvalue weighted by Crippen LogP contribution is 2.15. The smallest absolute Gasteiger partial charge is 0.231 e. The van der Waals surface area contributed by atoms with Crippen molar-refractivity contribution in [2.45, 2.75) is 71.6 Å². The van der Waals surface area contributed by atoms with Crippen molar-refractivity contribution in [2.75, 3.05) is 16.8 Å². The summed E-state index contributed by atoms with van der Waals surface area (Å²) in [5, 5.41) is 7.44. The molecule has 0 saturated heterocycles. The van der Waals surface area contributed by atoms with E-state index in [4.69, 9.17) is 5.14 Å². The molecule has 3 N–H and O–H groups in total. The third kappa shape index (κ3) is 14.2. The first-order chi connectivity index (χ1) is 14.7. The average Bonchev–Trinajstić information content (AvgIpc) is 2.69. The fourth-order valence-corrected chi connectivity index (χ4v) is 5.06. The van der Waals surface area contributed by atoms with Gasteiger partial charge in [0.05, 0.1) is 0 Å². The lowest BCUT2D eigenvalue weighted by molar-refractivity contribution is 0.590. The molecule has 1 atom stereocenters. The van der Waals surface area contributed by atoms with Crippen LogP contribution >= 0.6 is 11.8 Å². The minimum atomic E-state index is -3.69. The Morgan fingerprint density at radius 1 is 1.06 bits per heavy atom. The Balaban J connectivity index is 2.26. The third-order valence-corrected chi connectivity index (χ3v) is 7.18. The zero-order chi connectivity index (χ0) is 23.1. The number of hydrogen-bond donors (Lipinski definition) is 2. The Hall–Kier alpha value is -1.57. The molecule has 0 bridgehead atoms. The number of aromatic nitrogens is 1. The lowest BCUT2D eigenvalue weighted by atomic mass is 10.1. The Labute approximate surface area is 193 Å². The van der Waals surface area contributed by atoms with Gasteiger partial charge in [-0.2, -0.15) is 11.8 Å². The van der Waals surface area contributed by atoms with E-state index < -0.39 is 15.4 Å². The van der Waals surface area contributed by atoms with Crippen LogP contribution in [-0.2, 0) is 10.0 Å². The molecule has 1 aromatic heterocycles. The lowest BCUT2D eigenvalue weighted by Crippen LogP contribution is -2.37. The first-order valence-electron chi connectivity index (χ1n) is 10.9. The van der Waals surface area contributed by atoms with Crippen LogP contribution in [0.1, 0.15) is 66.2 Å². The standard InChI is InChI=1S/C24H39N3O2S2/c1-20(2)11-9-13-22(4)15-10-14-21(3)12-6-8-18-30-19-24(31(25,28)29)27-23-16-5-7-17-26-23/h5,7,11-12,15-17,24H,6,8-10,13-14,18-19H2,1-4H3,(H,26,27)(H2,25,28,29)/b21-12+,22-15+. The second kappa shape index (κ2) is 15.3. The minimum Gasteiger partial charge on any atom is -0.352 e. The molecule has 1 aromatic rings. The van der Waals surface area contributed by atoms with Crippen molar-refractivity contribution in [3.05, 3.63) is 59.3 Å². The van der Waals surface area contributed by atoms with Crippen LogP contribution < -0.4 is 10.5 Å². The number of nitrogens with zero attached hydrogens (tertiary/aromatic N) is 1.